The lowest BCUT2D eigenvalue weighted by Gasteiger charge is -2.33. The van der Waals surface area contributed by atoms with Crippen LogP contribution in [0.5, 0.6) is 5.75 Å². The van der Waals surface area contributed by atoms with Crippen LogP contribution < -0.4 is 14.4 Å². The lowest BCUT2D eigenvalue weighted by Crippen LogP contribution is -2.53. The number of ether oxygens (including phenoxy) is 1. The Morgan fingerprint density at radius 3 is 2.05 bits per heavy atom. The molecule has 42 heavy (non-hydrogen) atoms. The van der Waals surface area contributed by atoms with Gasteiger partial charge in [0, 0.05) is 20.0 Å². The number of benzene rings is 4. The van der Waals surface area contributed by atoms with E-state index in [1.165, 1.54) is 31.2 Å². The molecule has 0 saturated heterocycles. The molecule has 1 atom stereocenters. The molecule has 4 rings (SSSR count). The predicted octanol–water partition coefficient (Wildman–Crippen LogP) is 4.59. The molecule has 0 aliphatic heterocycles. The summed E-state index contributed by atoms with van der Waals surface area (Å²) in [5.74, 6) is -0.316. The molecule has 0 aromatic heterocycles. The smallest absolute Gasteiger partial charge is 0.264 e. The molecule has 0 aliphatic rings. The van der Waals surface area contributed by atoms with E-state index in [0.717, 1.165) is 21.0 Å². The van der Waals surface area contributed by atoms with Gasteiger partial charge in [-0.1, -0.05) is 78.4 Å². The Bertz CT molecular complexity index is 1590. The highest BCUT2D eigenvalue weighted by atomic mass is 32.2. The molecule has 8 nitrogen and oxygen atoms in total. The second-order valence-electron chi connectivity index (χ2n) is 9.85. The first kappa shape index (κ1) is 30.3. The maximum atomic E-state index is 14.3. The van der Waals surface area contributed by atoms with Gasteiger partial charge < -0.3 is 15.0 Å². The summed E-state index contributed by atoms with van der Waals surface area (Å²) < 4.78 is 34.2. The third-order valence-electron chi connectivity index (χ3n) is 6.92. The minimum absolute atomic E-state index is 0.0472. The molecule has 0 saturated carbocycles. The largest absolute Gasteiger partial charge is 0.497 e. The molecule has 0 unspecified atom stereocenters. The zero-order valence-electron chi connectivity index (χ0n) is 23.9. The summed E-state index contributed by atoms with van der Waals surface area (Å²) in [5.41, 5.74) is 3.00. The standard InChI is InChI=1S/C33H35N3O5S/c1-25-11-10-14-27(21-25)23-35(31(33(38)34-2)22-26-12-6-4-7-13-26)32(37)24-36(28-17-19-29(41-3)20-18-28)42(39,40)30-15-8-5-9-16-30/h4-21,31H,22-24H2,1-3H3,(H,34,38)/t31-/m1/s1. The number of hydrogen-bond donors (Lipinski definition) is 1. The number of aryl methyl sites for hydroxylation is 1. The van der Waals surface area contributed by atoms with Crippen molar-refractivity contribution in [3.8, 4) is 5.75 Å². The number of likely N-dealkylation sites (N-methyl/N-ethyl adjacent to an activating group) is 1. The number of carbonyl (C=O) groups excluding carboxylic acids is 2. The van der Waals surface area contributed by atoms with Crippen molar-refractivity contribution in [2.24, 2.45) is 0 Å². The predicted molar refractivity (Wildman–Crippen MR) is 164 cm³/mol. The maximum absolute atomic E-state index is 14.3. The Morgan fingerprint density at radius 1 is 0.833 bits per heavy atom. The van der Waals surface area contributed by atoms with Crippen LogP contribution in [0.4, 0.5) is 5.69 Å². The van der Waals surface area contributed by atoms with E-state index in [1.807, 2.05) is 61.5 Å². The van der Waals surface area contributed by atoms with Crippen molar-refractivity contribution in [1.82, 2.24) is 10.2 Å². The minimum atomic E-state index is -4.15. The number of anilines is 1. The molecule has 4 aromatic rings. The van der Waals surface area contributed by atoms with E-state index in [0.29, 0.717) is 11.4 Å². The van der Waals surface area contributed by atoms with E-state index in [4.69, 9.17) is 4.74 Å². The first-order chi connectivity index (χ1) is 20.2. The summed E-state index contributed by atoms with van der Waals surface area (Å²) in [6, 6.07) is 30.7. The highest BCUT2D eigenvalue weighted by Gasteiger charge is 2.34. The third kappa shape index (κ3) is 7.36. The second-order valence-corrected chi connectivity index (χ2v) is 11.7. The van der Waals surface area contributed by atoms with E-state index in [1.54, 1.807) is 42.5 Å². The normalized spacial score (nSPS) is 11.8. The zero-order valence-corrected chi connectivity index (χ0v) is 24.8. The average Bonchev–Trinajstić information content (AvgIpc) is 3.02. The lowest BCUT2D eigenvalue weighted by atomic mass is 10.0. The molecule has 218 valence electrons. The van der Waals surface area contributed by atoms with Crippen LogP contribution in [0, 0.1) is 6.92 Å². The highest BCUT2D eigenvalue weighted by molar-refractivity contribution is 7.92. The van der Waals surface area contributed by atoms with Gasteiger partial charge in [-0.15, -0.1) is 0 Å². The second kappa shape index (κ2) is 13.8. The van der Waals surface area contributed by atoms with E-state index in [-0.39, 0.29) is 23.8 Å². The summed E-state index contributed by atoms with van der Waals surface area (Å²) >= 11 is 0. The van der Waals surface area contributed by atoms with Gasteiger partial charge in [-0.3, -0.25) is 13.9 Å². The van der Waals surface area contributed by atoms with Crippen molar-refractivity contribution in [2.75, 3.05) is 25.0 Å². The van der Waals surface area contributed by atoms with E-state index < -0.39 is 28.5 Å². The fourth-order valence-electron chi connectivity index (χ4n) is 4.72. The van der Waals surface area contributed by atoms with Crippen molar-refractivity contribution in [2.45, 2.75) is 30.8 Å². The van der Waals surface area contributed by atoms with Gasteiger partial charge in [-0.2, -0.15) is 0 Å². The van der Waals surface area contributed by atoms with E-state index in [2.05, 4.69) is 5.32 Å². The number of rotatable bonds is 12. The Hall–Kier alpha value is -4.63. The fraction of sp³-hybridized carbons (Fsp3) is 0.212. The van der Waals surface area contributed by atoms with Crippen molar-refractivity contribution >= 4 is 27.5 Å². The van der Waals surface area contributed by atoms with E-state index in [9.17, 15) is 18.0 Å². The van der Waals surface area contributed by atoms with Gasteiger partial charge in [0.2, 0.25) is 11.8 Å². The van der Waals surface area contributed by atoms with Crippen LogP contribution in [-0.2, 0) is 32.6 Å². The van der Waals surface area contributed by atoms with Gasteiger partial charge in [0.25, 0.3) is 10.0 Å². The Kier molecular flexibility index (Phi) is 9.98. The molecule has 0 heterocycles. The average molecular weight is 586 g/mol. The Balaban J connectivity index is 1.78. The SMILES string of the molecule is CNC(=O)[C@@H](Cc1ccccc1)N(Cc1cccc(C)c1)C(=O)CN(c1ccc(OC)cc1)S(=O)(=O)c1ccccc1. The summed E-state index contributed by atoms with van der Waals surface area (Å²) in [6.45, 7) is 1.55. The first-order valence-corrected chi connectivity index (χ1v) is 15.0. The van der Waals surface area contributed by atoms with Gasteiger partial charge in [0.15, 0.2) is 0 Å². The van der Waals surface area contributed by atoms with Crippen LogP contribution in [0.15, 0.2) is 114 Å². The number of amides is 2. The molecule has 4 aromatic carbocycles. The number of sulfonamides is 1. The number of nitrogens with one attached hydrogen (secondary N) is 1. The highest BCUT2D eigenvalue weighted by Crippen LogP contribution is 2.27. The molecule has 9 heteroatoms. The molecule has 0 fully saturated rings. The van der Waals surface area contributed by atoms with E-state index >= 15 is 0 Å². The molecule has 0 spiro atoms. The van der Waals surface area contributed by atoms with Crippen LogP contribution >= 0.6 is 0 Å². The van der Waals surface area contributed by atoms with Gasteiger partial charge in [0.05, 0.1) is 17.7 Å². The Labute approximate surface area is 247 Å². The summed E-state index contributed by atoms with van der Waals surface area (Å²) in [7, 11) is -1.10. The van der Waals surface area contributed by atoms with Crippen LogP contribution in [0.25, 0.3) is 0 Å². The van der Waals surface area contributed by atoms with Gasteiger partial charge >= 0.3 is 0 Å². The molecule has 2 amide bonds. The van der Waals surface area contributed by atoms with Crippen molar-refractivity contribution in [3.05, 3.63) is 126 Å². The topological polar surface area (TPSA) is 96.0 Å². The van der Waals surface area contributed by atoms with Crippen LogP contribution in [0.3, 0.4) is 0 Å². The Morgan fingerprint density at radius 2 is 1.45 bits per heavy atom. The summed E-state index contributed by atoms with van der Waals surface area (Å²) in [5, 5.41) is 2.69. The van der Waals surface area contributed by atoms with Crippen molar-refractivity contribution in [1.29, 1.82) is 0 Å². The fourth-order valence-corrected chi connectivity index (χ4v) is 6.16. The third-order valence-corrected chi connectivity index (χ3v) is 8.71. The lowest BCUT2D eigenvalue weighted by molar-refractivity contribution is -0.139. The van der Waals surface area contributed by atoms with Crippen molar-refractivity contribution in [3.63, 3.8) is 0 Å². The summed E-state index contributed by atoms with van der Waals surface area (Å²) in [4.78, 5) is 29.1. The number of carbonyl (C=O) groups is 2. The van der Waals surface area contributed by atoms with Gasteiger partial charge in [-0.05, 0) is 54.4 Å². The molecular formula is C33H35N3O5S. The summed E-state index contributed by atoms with van der Waals surface area (Å²) in [6.07, 6.45) is 0.256. The molecule has 0 bridgehead atoms. The van der Waals surface area contributed by atoms with Crippen LogP contribution in [0.2, 0.25) is 0 Å². The molecule has 0 aliphatic carbocycles. The zero-order chi connectivity index (χ0) is 30.1. The van der Waals surface area contributed by atoms with Gasteiger partial charge in [0.1, 0.15) is 18.3 Å². The minimum Gasteiger partial charge on any atom is -0.497 e. The number of methoxy groups -OCH3 is 1. The van der Waals surface area contributed by atoms with Crippen LogP contribution in [-0.4, -0.2) is 51.9 Å². The monoisotopic (exact) mass is 585 g/mol. The maximum Gasteiger partial charge on any atom is 0.264 e. The number of hydrogen-bond acceptors (Lipinski definition) is 5. The number of nitrogens with zero attached hydrogens (tertiary/aromatic N) is 2. The first-order valence-electron chi connectivity index (χ1n) is 13.6. The van der Waals surface area contributed by atoms with Crippen molar-refractivity contribution < 1.29 is 22.7 Å². The van der Waals surface area contributed by atoms with Crippen LogP contribution in [0.1, 0.15) is 16.7 Å². The molecular weight excluding hydrogens is 550 g/mol. The molecule has 0 radical (unpaired) electrons. The molecule has 1 N–H and O–H groups in total. The van der Waals surface area contributed by atoms with Gasteiger partial charge in [-0.25, -0.2) is 8.42 Å². The quantitative estimate of drug-likeness (QED) is 0.263.